The van der Waals surface area contributed by atoms with Crippen LogP contribution in [-0.4, -0.2) is 25.1 Å². The zero-order chi connectivity index (χ0) is 17.2. The van der Waals surface area contributed by atoms with Crippen molar-refractivity contribution in [3.8, 4) is 0 Å². The second kappa shape index (κ2) is 6.37. The number of pyridine rings is 1. The Morgan fingerprint density at radius 3 is 2.30 bits per heavy atom. The SMILES string of the molecule is Cc1ccc(C(=O)NCc2ccc(S(C)(=O)=O)cc2)c(=O)n1C. The number of hydrogen-bond acceptors (Lipinski definition) is 4. The Balaban J connectivity index is 2.11. The summed E-state index contributed by atoms with van der Waals surface area (Å²) in [5.41, 5.74) is 1.23. The maximum atomic E-state index is 12.1. The molecule has 0 atom stereocenters. The summed E-state index contributed by atoms with van der Waals surface area (Å²) < 4.78 is 24.2. The largest absolute Gasteiger partial charge is 0.348 e. The molecule has 0 saturated carbocycles. The number of nitrogens with zero attached hydrogens (tertiary/aromatic N) is 1. The van der Waals surface area contributed by atoms with Gasteiger partial charge in [-0.3, -0.25) is 9.59 Å². The molecule has 0 aliphatic rings. The summed E-state index contributed by atoms with van der Waals surface area (Å²) in [7, 11) is -1.63. The normalized spacial score (nSPS) is 11.3. The second-order valence-electron chi connectivity index (χ2n) is 5.35. The van der Waals surface area contributed by atoms with Crippen LogP contribution in [0.1, 0.15) is 21.6 Å². The van der Waals surface area contributed by atoms with E-state index in [1.54, 1.807) is 32.2 Å². The molecule has 1 amide bonds. The topological polar surface area (TPSA) is 85.2 Å². The summed E-state index contributed by atoms with van der Waals surface area (Å²) in [5.74, 6) is -0.460. The molecule has 2 aromatic rings. The molecule has 23 heavy (non-hydrogen) atoms. The van der Waals surface area contributed by atoms with Gasteiger partial charge in [0.25, 0.3) is 11.5 Å². The van der Waals surface area contributed by atoms with Crippen LogP contribution in [0, 0.1) is 6.92 Å². The van der Waals surface area contributed by atoms with Crippen LogP contribution >= 0.6 is 0 Å². The molecule has 6 nitrogen and oxygen atoms in total. The van der Waals surface area contributed by atoms with Crippen LogP contribution in [-0.2, 0) is 23.4 Å². The molecule has 0 radical (unpaired) electrons. The molecule has 0 spiro atoms. The molecule has 0 bridgehead atoms. The van der Waals surface area contributed by atoms with Gasteiger partial charge in [-0.25, -0.2) is 8.42 Å². The van der Waals surface area contributed by atoms with E-state index < -0.39 is 15.7 Å². The van der Waals surface area contributed by atoms with E-state index >= 15 is 0 Å². The monoisotopic (exact) mass is 334 g/mol. The number of benzene rings is 1. The summed E-state index contributed by atoms with van der Waals surface area (Å²) in [6, 6.07) is 9.44. The Kier molecular flexibility index (Phi) is 4.70. The third kappa shape index (κ3) is 3.87. The van der Waals surface area contributed by atoms with Crippen molar-refractivity contribution in [2.45, 2.75) is 18.4 Å². The Labute approximate surface area is 134 Å². The van der Waals surface area contributed by atoms with Crippen molar-refractivity contribution < 1.29 is 13.2 Å². The first-order chi connectivity index (χ1) is 10.7. The van der Waals surface area contributed by atoms with Crippen molar-refractivity contribution >= 4 is 15.7 Å². The molecule has 0 fully saturated rings. The van der Waals surface area contributed by atoms with Gasteiger partial charge in [-0.05, 0) is 36.8 Å². The molecule has 0 saturated heterocycles. The number of rotatable bonds is 4. The molecule has 1 aromatic heterocycles. The van der Waals surface area contributed by atoms with E-state index in [9.17, 15) is 18.0 Å². The summed E-state index contributed by atoms with van der Waals surface area (Å²) in [5, 5.41) is 2.66. The van der Waals surface area contributed by atoms with Gasteiger partial charge in [0, 0.05) is 25.5 Å². The molecular formula is C16H18N2O4S. The summed E-state index contributed by atoms with van der Waals surface area (Å²) in [6.45, 7) is 1.99. The maximum Gasteiger partial charge on any atom is 0.263 e. The molecule has 1 N–H and O–H groups in total. The number of carbonyl (C=O) groups is 1. The lowest BCUT2D eigenvalue weighted by molar-refractivity contribution is 0.0949. The van der Waals surface area contributed by atoms with E-state index in [1.165, 1.54) is 22.8 Å². The van der Waals surface area contributed by atoms with Gasteiger partial charge in [-0.15, -0.1) is 0 Å². The number of nitrogens with one attached hydrogen (secondary N) is 1. The first kappa shape index (κ1) is 17.0. The van der Waals surface area contributed by atoms with Crippen LogP contribution in [0.4, 0.5) is 0 Å². The smallest absolute Gasteiger partial charge is 0.263 e. The fraction of sp³-hybridized carbons (Fsp3) is 0.250. The molecular weight excluding hydrogens is 316 g/mol. The van der Waals surface area contributed by atoms with Gasteiger partial charge < -0.3 is 9.88 Å². The molecule has 1 heterocycles. The Morgan fingerprint density at radius 1 is 1.13 bits per heavy atom. The molecule has 0 aliphatic heterocycles. The zero-order valence-electron chi connectivity index (χ0n) is 13.2. The lowest BCUT2D eigenvalue weighted by Crippen LogP contribution is -2.32. The Bertz CT molecular complexity index is 897. The Hall–Kier alpha value is -2.41. The van der Waals surface area contributed by atoms with E-state index in [0.29, 0.717) is 0 Å². The molecule has 2 rings (SSSR count). The summed E-state index contributed by atoms with van der Waals surface area (Å²) in [6.07, 6.45) is 1.14. The number of hydrogen-bond donors (Lipinski definition) is 1. The third-order valence-corrected chi connectivity index (χ3v) is 4.73. The van der Waals surface area contributed by atoms with Crippen molar-refractivity contribution in [1.82, 2.24) is 9.88 Å². The van der Waals surface area contributed by atoms with Gasteiger partial charge in [-0.2, -0.15) is 0 Å². The predicted octanol–water partition coefficient (Wildman–Crippen LogP) is 1.03. The minimum atomic E-state index is -3.24. The van der Waals surface area contributed by atoms with Crippen molar-refractivity contribution in [1.29, 1.82) is 0 Å². The predicted molar refractivity (Wildman–Crippen MR) is 87.1 cm³/mol. The zero-order valence-corrected chi connectivity index (χ0v) is 14.0. The van der Waals surface area contributed by atoms with E-state index in [2.05, 4.69) is 5.32 Å². The molecule has 122 valence electrons. The number of aromatic nitrogens is 1. The Morgan fingerprint density at radius 2 is 1.74 bits per heavy atom. The highest BCUT2D eigenvalue weighted by Gasteiger charge is 2.12. The molecule has 7 heteroatoms. The maximum absolute atomic E-state index is 12.1. The van der Waals surface area contributed by atoms with Gasteiger partial charge in [0.2, 0.25) is 0 Å². The average Bonchev–Trinajstić information content (AvgIpc) is 2.50. The first-order valence-electron chi connectivity index (χ1n) is 6.94. The lowest BCUT2D eigenvalue weighted by atomic mass is 10.2. The fourth-order valence-electron chi connectivity index (χ4n) is 2.03. The molecule has 0 aliphatic carbocycles. The minimum Gasteiger partial charge on any atom is -0.348 e. The summed E-state index contributed by atoms with van der Waals surface area (Å²) in [4.78, 5) is 24.4. The van der Waals surface area contributed by atoms with Crippen molar-refractivity contribution in [2.24, 2.45) is 7.05 Å². The second-order valence-corrected chi connectivity index (χ2v) is 7.37. The van der Waals surface area contributed by atoms with Crippen LogP contribution in [0.5, 0.6) is 0 Å². The van der Waals surface area contributed by atoms with Crippen molar-refractivity contribution in [3.05, 3.63) is 63.6 Å². The van der Waals surface area contributed by atoms with Gasteiger partial charge >= 0.3 is 0 Å². The van der Waals surface area contributed by atoms with Crippen molar-refractivity contribution in [2.75, 3.05) is 6.26 Å². The summed E-state index contributed by atoms with van der Waals surface area (Å²) >= 11 is 0. The van der Waals surface area contributed by atoms with Crippen LogP contribution < -0.4 is 10.9 Å². The number of aryl methyl sites for hydroxylation is 1. The minimum absolute atomic E-state index is 0.0749. The highest BCUT2D eigenvalue weighted by atomic mass is 32.2. The van der Waals surface area contributed by atoms with Crippen LogP contribution in [0.3, 0.4) is 0 Å². The highest BCUT2D eigenvalue weighted by Crippen LogP contribution is 2.10. The number of amides is 1. The van der Waals surface area contributed by atoms with Crippen LogP contribution in [0.15, 0.2) is 46.1 Å². The number of sulfone groups is 1. The van der Waals surface area contributed by atoms with E-state index in [4.69, 9.17) is 0 Å². The van der Waals surface area contributed by atoms with E-state index in [-0.39, 0.29) is 22.6 Å². The molecule has 0 unspecified atom stereocenters. The lowest BCUT2D eigenvalue weighted by Gasteiger charge is -2.08. The van der Waals surface area contributed by atoms with Gasteiger partial charge in [0.15, 0.2) is 9.84 Å². The fourth-order valence-corrected chi connectivity index (χ4v) is 2.66. The number of carbonyl (C=O) groups excluding carboxylic acids is 1. The van der Waals surface area contributed by atoms with Gasteiger partial charge in [-0.1, -0.05) is 12.1 Å². The van der Waals surface area contributed by atoms with E-state index in [0.717, 1.165) is 17.5 Å². The van der Waals surface area contributed by atoms with Gasteiger partial charge in [0.1, 0.15) is 5.56 Å². The standard InChI is InChI=1S/C16H18N2O4S/c1-11-4-9-14(16(20)18(11)2)15(19)17-10-12-5-7-13(8-6-12)23(3,21)22/h4-9H,10H2,1-3H3,(H,17,19). The van der Waals surface area contributed by atoms with E-state index in [1.807, 2.05) is 0 Å². The first-order valence-corrected chi connectivity index (χ1v) is 8.83. The third-order valence-electron chi connectivity index (χ3n) is 3.60. The molecule has 1 aromatic carbocycles. The van der Waals surface area contributed by atoms with Crippen LogP contribution in [0.25, 0.3) is 0 Å². The van der Waals surface area contributed by atoms with Gasteiger partial charge in [0.05, 0.1) is 4.90 Å². The average molecular weight is 334 g/mol. The van der Waals surface area contributed by atoms with Crippen LogP contribution in [0.2, 0.25) is 0 Å². The highest BCUT2D eigenvalue weighted by molar-refractivity contribution is 7.90. The van der Waals surface area contributed by atoms with Crippen molar-refractivity contribution in [3.63, 3.8) is 0 Å². The quantitative estimate of drug-likeness (QED) is 0.905.